The van der Waals surface area contributed by atoms with Crippen LogP contribution in [0.4, 0.5) is 0 Å². The van der Waals surface area contributed by atoms with Crippen LogP contribution in [-0.2, 0) is 6.42 Å². The smallest absolute Gasteiger partial charge is 0.0525 e. The van der Waals surface area contributed by atoms with E-state index in [1.54, 1.807) is 0 Å². The molecule has 82 valence electrons. The summed E-state index contributed by atoms with van der Waals surface area (Å²) in [4.78, 5) is 4.50. The standard InChI is InChI=1S/C16H13N/c1-2-6-13(7-3-1)12-16-15-9-5-4-8-14(15)10-11-17-16/h1-11H,12H2. The number of hydrogen-bond donors (Lipinski definition) is 0. The van der Waals surface area contributed by atoms with Gasteiger partial charge >= 0.3 is 0 Å². The van der Waals surface area contributed by atoms with E-state index in [1.807, 2.05) is 12.3 Å². The van der Waals surface area contributed by atoms with Crippen molar-refractivity contribution < 1.29 is 0 Å². The Bertz CT molecular complexity index is 624. The summed E-state index contributed by atoms with van der Waals surface area (Å²) >= 11 is 0. The van der Waals surface area contributed by atoms with Gasteiger partial charge in [0.1, 0.15) is 0 Å². The molecule has 1 heterocycles. The Balaban J connectivity index is 2.06. The lowest BCUT2D eigenvalue weighted by Crippen LogP contribution is -1.93. The molecule has 0 aliphatic rings. The van der Waals surface area contributed by atoms with Gasteiger partial charge in [-0.25, -0.2) is 0 Å². The van der Waals surface area contributed by atoms with Crippen molar-refractivity contribution in [2.45, 2.75) is 6.42 Å². The molecule has 3 rings (SSSR count). The molecule has 0 bridgehead atoms. The summed E-state index contributed by atoms with van der Waals surface area (Å²) in [6.45, 7) is 0. The SMILES string of the molecule is c1ccc(Cc2nccc3ccccc23)cc1. The highest BCUT2D eigenvalue weighted by Crippen LogP contribution is 2.18. The molecule has 3 aromatic rings. The van der Waals surface area contributed by atoms with E-state index in [1.165, 1.54) is 16.3 Å². The highest BCUT2D eigenvalue weighted by molar-refractivity contribution is 5.84. The third-order valence-electron chi connectivity index (χ3n) is 2.97. The van der Waals surface area contributed by atoms with Crippen LogP contribution in [0.1, 0.15) is 11.3 Å². The Morgan fingerprint density at radius 3 is 2.41 bits per heavy atom. The number of aromatic nitrogens is 1. The molecule has 0 N–H and O–H groups in total. The van der Waals surface area contributed by atoms with E-state index < -0.39 is 0 Å². The number of pyridine rings is 1. The van der Waals surface area contributed by atoms with Gasteiger partial charge in [-0.05, 0) is 17.0 Å². The quantitative estimate of drug-likeness (QED) is 0.638. The van der Waals surface area contributed by atoms with Gasteiger partial charge < -0.3 is 0 Å². The van der Waals surface area contributed by atoms with Crippen LogP contribution >= 0.6 is 0 Å². The lowest BCUT2D eigenvalue weighted by Gasteiger charge is -2.05. The van der Waals surface area contributed by atoms with Crippen molar-refractivity contribution in [1.29, 1.82) is 0 Å². The molecule has 0 amide bonds. The molecule has 0 atom stereocenters. The van der Waals surface area contributed by atoms with E-state index in [9.17, 15) is 0 Å². The highest BCUT2D eigenvalue weighted by Gasteiger charge is 2.02. The Morgan fingerprint density at radius 1 is 0.765 bits per heavy atom. The largest absolute Gasteiger partial charge is 0.260 e. The summed E-state index contributed by atoms with van der Waals surface area (Å²) < 4.78 is 0. The van der Waals surface area contributed by atoms with Crippen LogP contribution in [0.5, 0.6) is 0 Å². The first-order valence-electron chi connectivity index (χ1n) is 5.80. The summed E-state index contributed by atoms with van der Waals surface area (Å²) in [7, 11) is 0. The van der Waals surface area contributed by atoms with Crippen molar-refractivity contribution in [2.24, 2.45) is 0 Å². The van der Waals surface area contributed by atoms with E-state index in [2.05, 4.69) is 59.6 Å². The Labute approximate surface area is 101 Å². The Morgan fingerprint density at radius 2 is 1.53 bits per heavy atom. The highest BCUT2D eigenvalue weighted by atomic mass is 14.7. The van der Waals surface area contributed by atoms with E-state index in [4.69, 9.17) is 0 Å². The van der Waals surface area contributed by atoms with Crippen LogP contribution in [0.15, 0.2) is 66.9 Å². The van der Waals surface area contributed by atoms with Gasteiger partial charge in [0.25, 0.3) is 0 Å². The molecule has 0 saturated carbocycles. The number of nitrogens with zero attached hydrogens (tertiary/aromatic N) is 1. The van der Waals surface area contributed by atoms with Crippen molar-refractivity contribution in [2.75, 3.05) is 0 Å². The van der Waals surface area contributed by atoms with Gasteiger partial charge in [-0.1, -0.05) is 54.6 Å². The first kappa shape index (κ1) is 10.0. The second-order valence-electron chi connectivity index (χ2n) is 4.14. The van der Waals surface area contributed by atoms with E-state index >= 15 is 0 Å². The molecule has 0 saturated heterocycles. The van der Waals surface area contributed by atoms with E-state index in [0.717, 1.165) is 12.1 Å². The monoisotopic (exact) mass is 219 g/mol. The Kier molecular flexibility index (Phi) is 2.59. The summed E-state index contributed by atoms with van der Waals surface area (Å²) in [5.41, 5.74) is 2.45. The molecule has 0 radical (unpaired) electrons. The fourth-order valence-corrected chi connectivity index (χ4v) is 2.11. The minimum absolute atomic E-state index is 0.891. The lowest BCUT2D eigenvalue weighted by molar-refractivity contribution is 1.10. The zero-order valence-corrected chi connectivity index (χ0v) is 9.51. The first-order valence-corrected chi connectivity index (χ1v) is 5.80. The van der Waals surface area contributed by atoms with Crippen molar-refractivity contribution in [3.63, 3.8) is 0 Å². The average molecular weight is 219 g/mol. The predicted octanol–water partition coefficient (Wildman–Crippen LogP) is 3.83. The number of rotatable bonds is 2. The van der Waals surface area contributed by atoms with Crippen LogP contribution in [0.3, 0.4) is 0 Å². The predicted molar refractivity (Wildman–Crippen MR) is 71.0 cm³/mol. The maximum atomic E-state index is 4.50. The number of benzene rings is 2. The number of fused-ring (bicyclic) bond motifs is 1. The van der Waals surface area contributed by atoms with Crippen LogP contribution in [0.25, 0.3) is 10.8 Å². The maximum Gasteiger partial charge on any atom is 0.0525 e. The molecule has 0 unspecified atom stereocenters. The van der Waals surface area contributed by atoms with Crippen LogP contribution in [0, 0.1) is 0 Å². The van der Waals surface area contributed by atoms with Crippen molar-refractivity contribution >= 4 is 10.8 Å². The van der Waals surface area contributed by atoms with Gasteiger partial charge in [0, 0.05) is 18.0 Å². The van der Waals surface area contributed by atoms with Gasteiger partial charge in [-0.3, -0.25) is 4.98 Å². The third kappa shape index (κ3) is 2.04. The molecule has 1 aromatic heterocycles. The minimum Gasteiger partial charge on any atom is -0.260 e. The molecule has 2 aromatic carbocycles. The molecule has 1 heteroatoms. The average Bonchev–Trinajstić information content (AvgIpc) is 2.40. The van der Waals surface area contributed by atoms with E-state index in [0.29, 0.717) is 0 Å². The van der Waals surface area contributed by atoms with E-state index in [-0.39, 0.29) is 0 Å². The van der Waals surface area contributed by atoms with Gasteiger partial charge in [0.2, 0.25) is 0 Å². The number of hydrogen-bond acceptors (Lipinski definition) is 1. The molecule has 17 heavy (non-hydrogen) atoms. The summed E-state index contributed by atoms with van der Waals surface area (Å²) in [6.07, 6.45) is 2.78. The zero-order chi connectivity index (χ0) is 11.5. The first-order chi connectivity index (χ1) is 8.43. The van der Waals surface area contributed by atoms with Crippen LogP contribution in [-0.4, -0.2) is 4.98 Å². The summed E-state index contributed by atoms with van der Waals surface area (Å²) in [5, 5.41) is 2.51. The molecule has 1 nitrogen and oxygen atoms in total. The topological polar surface area (TPSA) is 12.9 Å². The van der Waals surface area contributed by atoms with Gasteiger partial charge in [-0.15, -0.1) is 0 Å². The fourth-order valence-electron chi connectivity index (χ4n) is 2.11. The third-order valence-corrected chi connectivity index (χ3v) is 2.97. The second kappa shape index (κ2) is 4.38. The lowest BCUT2D eigenvalue weighted by atomic mass is 10.0. The molecular formula is C16H13N. The van der Waals surface area contributed by atoms with Gasteiger partial charge in [0.05, 0.1) is 5.69 Å². The normalized spacial score (nSPS) is 10.6. The summed E-state index contributed by atoms with van der Waals surface area (Å²) in [5.74, 6) is 0. The summed E-state index contributed by atoms with van der Waals surface area (Å²) in [6, 6.07) is 20.9. The van der Waals surface area contributed by atoms with Crippen LogP contribution < -0.4 is 0 Å². The van der Waals surface area contributed by atoms with Crippen molar-refractivity contribution in [1.82, 2.24) is 4.98 Å². The zero-order valence-electron chi connectivity index (χ0n) is 9.51. The molecular weight excluding hydrogens is 206 g/mol. The minimum atomic E-state index is 0.891. The molecule has 0 aliphatic heterocycles. The van der Waals surface area contributed by atoms with Crippen LogP contribution in [0.2, 0.25) is 0 Å². The Hall–Kier alpha value is -2.15. The molecule has 0 aliphatic carbocycles. The van der Waals surface area contributed by atoms with Crippen molar-refractivity contribution in [3.8, 4) is 0 Å². The van der Waals surface area contributed by atoms with Crippen molar-refractivity contribution in [3.05, 3.63) is 78.1 Å². The second-order valence-corrected chi connectivity index (χ2v) is 4.14. The fraction of sp³-hybridized carbons (Fsp3) is 0.0625. The molecule has 0 spiro atoms. The maximum absolute atomic E-state index is 4.50. The van der Waals surface area contributed by atoms with Gasteiger partial charge in [0.15, 0.2) is 0 Å². The molecule has 0 fully saturated rings. The van der Waals surface area contributed by atoms with Gasteiger partial charge in [-0.2, -0.15) is 0 Å².